The minimum absolute atomic E-state index is 0.0615. The lowest BCUT2D eigenvalue weighted by Crippen LogP contribution is -2.15. The Morgan fingerprint density at radius 3 is 2.94 bits per heavy atom. The van der Waals surface area contributed by atoms with Gasteiger partial charge in [-0.1, -0.05) is 6.07 Å². The lowest BCUT2D eigenvalue weighted by atomic mass is 9.96. The molecule has 0 bridgehead atoms. The van der Waals surface area contributed by atoms with E-state index in [9.17, 15) is 0 Å². The summed E-state index contributed by atoms with van der Waals surface area (Å²) in [4.78, 5) is 15.7. The fourth-order valence-electron chi connectivity index (χ4n) is 2.09. The Morgan fingerprint density at radius 1 is 1.22 bits per heavy atom. The van der Waals surface area contributed by atoms with Crippen molar-refractivity contribution >= 4 is 11.0 Å². The maximum absolute atomic E-state index is 5.86. The Kier molecular flexibility index (Phi) is 2.74. The summed E-state index contributed by atoms with van der Waals surface area (Å²) in [5.74, 6) is 0.0615. The van der Waals surface area contributed by atoms with Crippen molar-refractivity contribution in [1.82, 2.24) is 19.9 Å². The molecule has 18 heavy (non-hydrogen) atoms. The summed E-state index contributed by atoms with van der Waals surface area (Å²) in [7, 11) is 0. The van der Waals surface area contributed by atoms with Gasteiger partial charge in [0.15, 0.2) is 0 Å². The van der Waals surface area contributed by atoms with E-state index in [-0.39, 0.29) is 5.92 Å². The highest BCUT2D eigenvalue weighted by Gasteiger charge is 2.14. The quantitative estimate of drug-likeness (QED) is 0.724. The number of hydrogen-bond acceptors (Lipinski definition) is 4. The molecule has 2 heterocycles. The molecule has 2 aromatic heterocycles. The van der Waals surface area contributed by atoms with Gasteiger partial charge in [-0.3, -0.25) is 9.97 Å². The van der Waals surface area contributed by atoms with Gasteiger partial charge in [0.1, 0.15) is 0 Å². The molecule has 1 aromatic carbocycles. The van der Waals surface area contributed by atoms with Crippen LogP contribution in [0.2, 0.25) is 0 Å². The number of fused-ring (bicyclic) bond motifs is 1. The van der Waals surface area contributed by atoms with E-state index in [1.807, 2.05) is 12.1 Å². The van der Waals surface area contributed by atoms with Gasteiger partial charge in [-0.2, -0.15) is 0 Å². The first kappa shape index (κ1) is 10.9. The van der Waals surface area contributed by atoms with Gasteiger partial charge in [-0.05, 0) is 17.7 Å². The maximum Gasteiger partial charge on any atom is 0.0931 e. The smallest absolute Gasteiger partial charge is 0.0931 e. The number of nitrogens with zero attached hydrogens (tertiary/aromatic N) is 3. The first-order valence-electron chi connectivity index (χ1n) is 5.77. The molecule has 0 saturated carbocycles. The molecule has 0 radical (unpaired) electrons. The number of nitrogens with one attached hydrogen (secondary N) is 1. The van der Waals surface area contributed by atoms with Crippen molar-refractivity contribution in [2.75, 3.05) is 6.54 Å². The lowest BCUT2D eigenvalue weighted by Gasteiger charge is -2.14. The van der Waals surface area contributed by atoms with Crippen molar-refractivity contribution in [3.63, 3.8) is 0 Å². The number of imidazole rings is 1. The molecule has 0 aliphatic rings. The van der Waals surface area contributed by atoms with E-state index in [4.69, 9.17) is 5.73 Å². The molecule has 0 fully saturated rings. The van der Waals surface area contributed by atoms with Crippen LogP contribution in [0.3, 0.4) is 0 Å². The highest BCUT2D eigenvalue weighted by Crippen LogP contribution is 2.23. The zero-order valence-corrected chi connectivity index (χ0v) is 9.74. The average molecular weight is 239 g/mol. The van der Waals surface area contributed by atoms with E-state index in [1.165, 1.54) is 0 Å². The second-order valence-corrected chi connectivity index (χ2v) is 4.10. The van der Waals surface area contributed by atoms with Crippen LogP contribution in [0, 0.1) is 0 Å². The third kappa shape index (κ3) is 1.84. The van der Waals surface area contributed by atoms with Crippen molar-refractivity contribution in [1.29, 1.82) is 0 Å². The molecule has 1 atom stereocenters. The first-order chi connectivity index (χ1) is 8.88. The molecular weight excluding hydrogens is 226 g/mol. The number of H-pyrrole nitrogens is 1. The van der Waals surface area contributed by atoms with E-state index in [0.29, 0.717) is 6.54 Å². The summed E-state index contributed by atoms with van der Waals surface area (Å²) in [6, 6.07) is 6.09. The van der Waals surface area contributed by atoms with Gasteiger partial charge in [0, 0.05) is 31.1 Å². The van der Waals surface area contributed by atoms with E-state index in [2.05, 4.69) is 26.0 Å². The Balaban J connectivity index is 2.05. The molecule has 90 valence electrons. The van der Waals surface area contributed by atoms with Gasteiger partial charge in [0.05, 0.1) is 23.1 Å². The summed E-state index contributed by atoms with van der Waals surface area (Å²) in [6.07, 6.45) is 6.80. The van der Waals surface area contributed by atoms with Gasteiger partial charge in [-0.15, -0.1) is 0 Å². The fraction of sp³-hybridized carbons (Fsp3) is 0.154. The van der Waals surface area contributed by atoms with Crippen molar-refractivity contribution in [2.24, 2.45) is 5.73 Å². The van der Waals surface area contributed by atoms with Crippen molar-refractivity contribution in [3.05, 3.63) is 54.4 Å². The number of rotatable bonds is 3. The number of hydrogen-bond donors (Lipinski definition) is 2. The Bertz CT molecular complexity index is 647. The van der Waals surface area contributed by atoms with Crippen LogP contribution in [0.15, 0.2) is 43.1 Å². The number of nitrogens with two attached hydrogens (primary N) is 1. The normalized spacial score (nSPS) is 12.7. The highest BCUT2D eigenvalue weighted by atomic mass is 14.9. The summed E-state index contributed by atoms with van der Waals surface area (Å²) in [5.41, 5.74) is 9.83. The maximum atomic E-state index is 5.86. The van der Waals surface area contributed by atoms with E-state index in [1.54, 1.807) is 24.9 Å². The van der Waals surface area contributed by atoms with Gasteiger partial charge < -0.3 is 10.7 Å². The second-order valence-electron chi connectivity index (χ2n) is 4.10. The fourth-order valence-corrected chi connectivity index (χ4v) is 2.09. The number of benzene rings is 1. The first-order valence-corrected chi connectivity index (χ1v) is 5.77. The molecular formula is C13H13N5. The van der Waals surface area contributed by atoms with Crippen molar-refractivity contribution in [2.45, 2.75) is 5.92 Å². The van der Waals surface area contributed by atoms with Gasteiger partial charge in [-0.25, -0.2) is 4.98 Å². The van der Waals surface area contributed by atoms with E-state index in [0.717, 1.165) is 22.3 Å². The predicted molar refractivity (Wildman–Crippen MR) is 69.0 cm³/mol. The van der Waals surface area contributed by atoms with Crippen molar-refractivity contribution in [3.8, 4) is 0 Å². The molecule has 5 nitrogen and oxygen atoms in total. The monoisotopic (exact) mass is 239 g/mol. The number of aromatic nitrogens is 4. The topological polar surface area (TPSA) is 80.5 Å². The molecule has 0 aliphatic heterocycles. The Labute approximate surface area is 104 Å². The zero-order chi connectivity index (χ0) is 12.4. The standard InChI is InChI=1S/C13H13N5/c14-6-10(13-7-15-3-4-16-13)9-1-2-11-12(5-9)18-8-17-11/h1-5,7-8,10H,6,14H2,(H,17,18). The van der Waals surface area contributed by atoms with Gasteiger partial charge in [0.25, 0.3) is 0 Å². The van der Waals surface area contributed by atoms with Crippen LogP contribution in [0.1, 0.15) is 17.2 Å². The third-order valence-corrected chi connectivity index (χ3v) is 3.02. The van der Waals surface area contributed by atoms with Crippen LogP contribution < -0.4 is 5.73 Å². The average Bonchev–Trinajstić information content (AvgIpc) is 2.88. The summed E-state index contributed by atoms with van der Waals surface area (Å²) >= 11 is 0. The Hall–Kier alpha value is -2.27. The summed E-state index contributed by atoms with van der Waals surface area (Å²) in [5, 5.41) is 0. The minimum Gasteiger partial charge on any atom is -0.345 e. The summed E-state index contributed by atoms with van der Waals surface area (Å²) in [6.45, 7) is 0.498. The van der Waals surface area contributed by atoms with Gasteiger partial charge in [0.2, 0.25) is 0 Å². The van der Waals surface area contributed by atoms with Crippen LogP contribution in [-0.4, -0.2) is 26.5 Å². The van der Waals surface area contributed by atoms with Crippen LogP contribution in [-0.2, 0) is 0 Å². The Morgan fingerprint density at radius 2 is 2.17 bits per heavy atom. The third-order valence-electron chi connectivity index (χ3n) is 3.02. The molecule has 0 spiro atoms. The molecule has 0 amide bonds. The number of aromatic amines is 1. The zero-order valence-electron chi connectivity index (χ0n) is 9.74. The van der Waals surface area contributed by atoms with E-state index < -0.39 is 0 Å². The molecule has 5 heteroatoms. The summed E-state index contributed by atoms with van der Waals surface area (Å²) < 4.78 is 0. The molecule has 1 unspecified atom stereocenters. The van der Waals surface area contributed by atoms with Crippen LogP contribution >= 0.6 is 0 Å². The largest absolute Gasteiger partial charge is 0.345 e. The molecule has 3 aromatic rings. The van der Waals surface area contributed by atoms with E-state index >= 15 is 0 Å². The molecule has 0 aliphatic carbocycles. The molecule has 0 saturated heterocycles. The molecule has 3 rings (SSSR count). The van der Waals surface area contributed by atoms with Crippen LogP contribution in [0.5, 0.6) is 0 Å². The molecule has 3 N–H and O–H groups in total. The van der Waals surface area contributed by atoms with Crippen molar-refractivity contribution < 1.29 is 0 Å². The highest BCUT2D eigenvalue weighted by molar-refractivity contribution is 5.75. The minimum atomic E-state index is 0.0615. The predicted octanol–water partition coefficient (Wildman–Crippen LogP) is 1.44. The van der Waals surface area contributed by atoms with Crippen LogP contribution in [0.25, 0.3) is 11.0 Å². The van der Waals surface area contributed by atoms with Crippen LogP contribution in [0.4, 0.5) is 0 Å². The lowest BCUT2D eigenvalue weighted by molar-refractivity contribution is 0.780. The van der Waals surface area contributed by atoms with Gasteiger partial charge >= 0.3 is 0 Å². The SMILES string of the molecule is NCC(c1ccc2nc[nH]c2c1)c1cnccn1. The second kappa shape index (κ2) is 4.54.